The molecule has 2 atom stereocenters. The number of ketones is 1. The Morgan fingerprint density at radius 3 is 2.18 bits per heavy atom. The van der Waals surface area contributed by atoms with Crippen LogP contribution in [0, 0.1) is 5.92 Å². The minimum absolute atomic E-state index is 0.0365. The molecule has 2 aromatic carbocycles. The van der Waals surface area contributed by atoms with Gasteiger partial charge in [-0.25, -0.2) is 4.99 Å². The van der Waals surface area contributed by atoms with Crippen molar-refractivity contribution in [2.45, 2.75) is 83.2 Å². The first-order valence-corrected chi connectivity index (χ1v) is 16.6. The van der Waals surface area contributed by atoms with Crippen LogP contribution in [0.1, 0.15) is 75.0 Å². The predicted octanol–water partition coefficient (Wildman–Crippen LogP) is 5.81. The largest absolute Gasteiger partial charge is 0.360 e. The molecule has 0 radical (unpaired) electrons. The Hall–Kier alpha value is -3.45. The smallest absolute Gasteiger partial charge is 0.227 e. The molecule has 8 heteroatoms. The summed E-state index contributed by atoms with van der Waals surface area (Å²) in [7, 11) is 0. The van der Waals surface area contributed by atoms with E-state index < -0.39 is 0 Å². The monoisotopic (exact) mass is 614 g/mol. The number of carbonyl (C=O) groups is 3. The van der Waals surface area contributed by atoms with Crippen molar-refractivity contribution in [3.8, 4) is 0 Å². The van der Waals surface area contributed by atoms with Crippen LogP contribution in [0.25, 0.3) is 0 Å². The summed E-state index contributed by atoms with van der Waals surface area (Å²) in [4.78, 5) is 50.7. The van der Waals surface area contributed by atoms with Gasteiger partial charge in [-0.15, -0.1) is 0 Å². The second-order valence-electron chi connectivity index (χ2n) is 12.9. The van der Waals surface area contributed by atoms with Gasteiger partial charge in [0.15, 0.2) is 5.78 Å². The first kappa shape index (κ1) is 30.6. The number of carbonyl (C=O) groups excluding carboxylic acids is 3. The molecule has 3 aliphatic heterocycles. The van der Waals surface area contributed by atoms with E-state index in [-0.39, 0.29) is 41.5 Å². The number of amidine groups is 1. The maximum Gasteiger partial charge on any atom is 0.227 e. The fourth-order valence-corrected chi connectivity index (χ4v) is 7.26. The third-order valence-corrected chi connectivity index (χ3v) is 10.2. The molecular weight excluding hydrogens is 572 g/mol. The van der Waals surface area contributed by atoms with E-state index >= 15 is 0 Å². The molecule has 4 aliphatic rings. The highest BCUT2D eigenvalue weighted by Crippen LogP contribution is 2.39. The van der Waals surface area contributed by atoms with Gasteiger partial charge in [0.1, 0.15) is 5.84 Å². The highest BCUT2D eigenvalue weighted by molar-refractivity contribution is 6.30. The number of nitrogens with zero attached hydrogens (tertiary/aromatic N) is 4. The van der Waals surface area contributed by atoms with E-state index in [1.165, 1.54) is 5.56 Å². The van der Waals surface area contributed by atoms with Crippen molar-refractivity contribution in [2.24, 2.45) is 10.9 Å². The second kappa shape index (κ2) is 13.3. The van der Waals surface area contributed by atoms with Crippen LogP contribution < -0.4 is 0 Å². The Labute approximate surface area is 265 Å². The van der Waals surface area contributed by atoms with E-state index in [4.69, 9.17) is 11.6 Å². The average Bonchev–Trinajstić information content (AvgIpc) is 3.79. The van der Waals surface area contributed by atoms with Crippen LogP contribution in [0.2, 0.25) is 5.02 Å². The maximum atomic E-state index is 14.0. The van der Waals surface area contributed by atoms with Crippen LogP contribution in [0.5, 0.6) is 0 Å². The fraction of sp³-hybridized carbons (Fsp3) is 0.500. The molecule has 2 unspecified atom stereocenters. The summed E-state index contributed by atoms with van der Waals surface area (Å²) in [6.07, 6.45) is 8.18. The van der Waals surface area contributed by atoms with Crippen molar-refractivity contribution in [3.63, 3.8) is 0 Å². The summed E-state index contributed by atoms with van der Waals surface area (Å²) in [6.45, 7) is 6.49. The summed E-state index contributed by atoms with van der Waals surface area (Å²) in [5, 5.41) is 0.684. The van der Waals surface area contributed by atoms with Gasteiger partial charge in [0.2, 0.25) is 11.8 Å². The first-order chi connectivity index (χ1) is 21.3. The number of hydrogen-bond acceptors (Lipinski definition) is 5. The van der Waals surface area contributed by atoms with Gasteiger partial charge in [0, 0.05) is 67.3 Å². The number of rotatable bonds is 8. The number of amides is 2. The molecule has 2 saturated heterocycles. The van der Waals surface area contributed by atoms with Crippen LogP contribution >= 0.6 is 11.6 Å². The lowest BCUT2D eigenvalue weighted by molar-refractivity contribution is -0.138. The zero-order valence-corrected chi connectivity index (χ0v) is 26.6. The van der Waals surface area contributed by atoms with Crippen LogP contribution in [0.3, 0.4) is 0 Å². The second-order valence-corrected chi connectivity index (χ2v) is 13.3. The summed E-state index contributed by atoms with van der Waals surface area (Å²) in [6, 6.07) is 16.5. The molecule has 0 N–H and O–H groups in total. The zero-order chi connectivity index (χ0) is 30.8. The van der Waals surface area contributed by atoms with E-state index in [1.54, 1.807) is 13.1 Å². The van der Waals surface area contributed by atoms with Gasteiger partial charge in [-0.2, -0.15) is 0 Å². The fourth-order valence-electron chi connectivity index (χ4n) is 7.13. The predicted molar refractivity (Wildman–Crippen MR) is 174 cm³/mol. The summed E-state index contributed by atoms with van der Waals surface area (Å²) in [5.74, 6) is 1.47. The Balaban J connectivity index is 1.16. The molecule has 2 aromatic rings. The van der Waals surface area contributed by atoms with Crippen LogP contribution in [0.4, 0.5) is 0 Å². The minimum Gasteiger partial charge on any atom is -0.360 e. The molecule has 232 valence electrons. The SMILES string of the molecule is CCc1ccc(CC(=O)N(C2CC2)C2CN(C(=O)C3CCN(C4=NC=C(C(C)=O)CC4)CC3)CC2c2ccc(Cl)cc2)cc1. The Bertz CT molecular complexity index is 1440. The molecule has 44 heavy (non-hydrogen) atoms. The number of halogens is 1. The number of piperidine rings is 1. The normalized spacial score (nSPS) is 22.4. The molecule has 1 saturated carbocycles. The van der Waals surface area contributed by atoms with Crippen molar-refractivity contribution in [2.75, 3.05) is 26.2 Å². The number of benzene rings is 2. The number of allylic oxidation sites excluding steroid dienone is 1. The van der Waals surface area contributed by atoms with Gasteiger partial charge in [0.05, 0.1) is 12.5 Å². The highest BCUT2D eigenvalue weighted by Gasteiger charge is 2.47. The quantitative estimate of drug-likeness (QED) is 0.376. The molecule has 3 fully saturated rings. The summed E-state index contributed by atoms with van der Waals surface area (Å²) >= 11 is 6.25. The lowest BCUT2D eigenvalue weighted by atomic mass is 9.92. The van der Waals surface area contributed by atoms with Crippen LogP contribution in [-0.4, -0.2) is 76.4 Å². The molecule has 3 heterocycles. The van der Waals surface area contributed by atoms with Gasteiger partial charge < -0.3 is 14.7 Å². The third-order valence-electron chi connectivity index (χ3n) is 9.92. The van der Waals surface area contributed by atoms with Crippen molar-refractivity contribution in [1.29, 1.82) is 0 Å². The van der Waals surface area contributed by atoms with Crippen LogP contribution in [-0.2, 0) is 27.2 Å². The number of aliphatic imine (C=N–C) groups is 1. The zero-order valence-electron chi connectivity index (χ0n) is 25.9. The minimum atomic E-state index is -0.0611. The number of aryl methyl sites for hydroxylation is 1. The van der Waals surface area contributed by atoms with E-state index in [0.29, 0.717) is 24.5 Å². The highest BCUT2D eigenvalue weighted by atomic mass is 35.5. The molecule has 6 rings (SSSR count). The van der Waals surface area contributed by atoms with Gasteiger partial charge in [-0.05, 0) is 74.3 Å². The van der Waals surface area contributed by atoms with Gasteiger partial charge in [-0.3, -0.25) is 14.4 Å². The van der Waals surface area contributed by atoms with E-state index in [1.807, 2.05) is 17.0 Å². The Kier molecular flexibility index (Phi) is 9.22. The Morgan fingerprint density at radius 2 is 1.59 bits per heavy atom. The molecule has 0 spiro atoms. The molecule has 1 aliphatic carbocycles. The number of hydrogen-bond donors (Lipinski definition) is 0. The van der Waals surface area contributed by atoms with Gasteiger partial charge in [-0.1, -0.05) is 54.9 Å². The molecule has 7 nitrogen and oxygen atoms in total. The standard InChI is InChI=1S/C36H43ClN4O3/c1-3-25-4-6-26(7-5-25)20-35(43)41(31-13-14-31)33-23-40(22-32(33)27-8-11-30(37)12-9-27)36(44)28-16-18-39(19-17-28)34-15-10-29(21-38-34)24(2)42/h4-9,11-12,21,28,31-33H,3,10,13-20,22-23H2,1-2H3. The van der Waals surface area contributed by atoms with E-state index in [0.717, 1.165) is 80.6 Å². The first-order valence-electron chi connectivity index (χ1n) is 16.3. The van der Waals surface area contributed by atoms with Crippen LogP contribution in [0.15, 0.2) is 65.3 Å². The van der Waals surface area contributed by atoms with Crippen molar-refractivity contribution in [3.05, 3.63) is 82.0 Å². The van der Waals surface area contributed by atoms with E-state index in [2.05, 4.69) is 58.1 Å². The molecule has 2 amide bonds. The topological polar surface area (TPSA) is 73.3 Å². The molecular formula is C36H43ClN4O3. The van der Waals surface area contributed by atoms with Gasteiger partial charge >= 0.3 is 0 Å². The summed E-state index contributed by atoms with van der Waals surface area (Å²) < 4.78 is 0. The van der Waals surface area contributed by atoms with Crippen molar-refractivity contribution < 1.29 is 14.4 Å². The number of Topliss-reactive ketones (excluding diaryl/α,β-unsaturated/α-hetero) is 1. The summed E-state index contributed by atoms with van der Waals surface area (Å²) in [5.41, 5.74) is 4.22. The van der Waals surface area contributed by atoms with E-state index in [9.17, 15) is 14.4 Å². The average molecular weight is 615 g/mol. The van der Waals surface area contributed by atoms with Crippen molar-refractivity contribution >= 4 is 35.0 Å². The Morgan fingerprint density at radius 1 is 0.909 bits per heavy atom. The van der Waals surface area contributed by atoms with Crippen molar-refractivity contribution in [1.82, 2.24) is 14.7 Å². The van der Waals surface area contributed by atoms with Gasteiger partial charge in [0.25, 0.3) is 0 Å². The molecule has 0 bridgehead atoms. The maximum absolute atomic E-state index is 14.0. The lowest BCUT2D eigenvalue weighted by Crippen LogP contribution is -2.47. The molecule has 0 aromatic heterocycles. The third kappa shape index (κ3) is 6.78. The number of likely N-dealkylation sites (tertiary alicyclic amines) is 2. The lowest BCUT2D eigenvalue weighted by Gasteiger charge is -2.36.